The number of rotatable bonds is 3. The van der Waals surface area contributed by atoms with Crippen molar-refractivity contribution in [1.29, 1.82) is 0 Å². The van der Waals surface area contributed by atoms with Crippen molar-refractivity contribution in [3.8, 4) is 0 Å². The molecule has 0 aromatic heterocycles. The molecule has 0 saturated heterocycles. The molecule has 0 fully saturated rings. The predicted octanol–water partition coefficient (Wildman–Crippen LogP) is 4.67. The van der Waals surface area contributed by atoms with Crippen LogP contribution in [0.3, 0.4) is 0 Å². The lowest BCUT2D eigenvalue weighted by Crippen LogP contribution is -2.04. The van der Waals surface area contributed by atoms with Crippen molar-refractivity contribution in [3.05, 3.63) is 41.9 Å². The molecule has 0 heteroatoms. The molecule has 0 saturated carbocycles. The van der Waals surface area contributed by atoms with E-state index in [9.17, 15) is 0 Å². The summed E-state index contributed by atoms with van der Waals surface area (Å²) in [5.41, 5.74) is 1.88. The van der Waals surface area contributed by atoms with E-state index in [0.29, 0.717) is 0 Å². The van der Waals surface area contributed by atoms with Crippen LogP contribution in [-0.2, 0) is 0 Å². The van der Waals surface area contributed by atoms with E-state index < -0.39 is 6.37 Å². The van der Waals surface area contributed by atoms with Crippen LogP contribution in [0, 0.1) is 5.92 Å². The Balaban J connectivity index is 2.36. The van der Waals surface area contributed by atoms with Crippen LogP contribution in [0.15, 0.2) is 36.4 Å². The highest BCUT2D eigenvalue weighted by atomic mass is 14.2. The van der Waals surface area contributed by atoms with Crippen molar-refractivity contribution in [3.63, 3.8) is 0 Å². The molecule has 1 unspecified atom stereocenters. The predicted molar refractivity (Wildman–Crippen MR) is 66.7 cm³/mol. The molecule has 0 radical (unpaired) electrons. The monoisotopic (exact) mass is 203 g/mol. The maximum atomic E-state index is 8.19. The van der Waals surface area contributed by atoms with Crippen molar-refractivity contribution < 1.29 is 4.11 Å². The summed E-state index contributed by atoms with van der Waals surface area (Å²) in [7, 11) is 0. The van der Waals surface area contributed by atoms with Crippen LogP contribution >= 0.6 is 0 Å². The molecule has 15 heavy (non-hydrogen) atoms. The average molecular weight is 203 g/mol. The van der Waals surface area contributed by atoms with E-state index in [-0.39, 0.29) is 12.0 Å². The van der Waals surface area contributed by atoms with Crippen molar-refractivity contribution in [2.45, 2.75) is 39.0 Å². The minimum absolute atomic E-state index is 0.00228. The first kappa shape index (κ1) is 7.27. The van der Waals surface area contributed by atoms with Crippen LogP contribution in [0.25, 0.3) is 5.57 Å². The van der Waals surface area contributed by atoms with E-state index >= 15 is 0 Å². The highest BCUT2D eigenvalue weighted by molar-refractivity contribution is 5.66. The zero-order valence-corrected chi connectivity index (χ0v) is 9.29. The van der Waals surface area contributed by atoms with E-state index in [1.165, 1.54) is 0 Å². The van der Waals surface area contributed by atoms with Gasteiger partial charge in [-0.25, -0.2) is 0 Å². The molecule has 0 spiro atoms. The summed E-state index contributed by atoms with van der Waals surface area (Å²) in [5, 5.41) is 0. The standard InChI is InChI=1S/C15H20/c1-2-6-13-9-11-15(12-10-13)14-7-4-3-5-8-14/h3-5,7-8,11,13H,2,6,9-10,12H2,1H3/i9D2,11D. The normalized spacial score (nSPS) is 28.1. The quantitative estimate of drug-likeness (QED) is 0.669. The largest absolute Gasteiger partial charge is 0.0804 e. The number of hydrogen-bond donors (Lipinski definition) is 0. The Morgan fingerprint density at radius 3 is 2.93 bits per heavy atom. The Hall–Kier alpha value is -1.04. The molecular formula is C15H20. The van der Waals surface area contributed by atoms with Crippen molar-refractivity contribution in [2.24, 2.45) is 5.92 Å². The number of hydrogen-bond acceptors (Lipinski definition) is 0. The van der Waals surface area contributed by atoms with Crippen molar-refractivity contribution >= 4 is 5.57 Å². The van der Waals surface area contributed by atoms with Gasteiger partial charge in [0.15, 0.2) is 0 Å². The molecule has 1 aromatic carbocycles. The highest BCUT2D eigenvalue weighted by Gasteiger charge is 2.13. The molecule has 1 aromatic rings. The van der Waals surface area contributed by atoms with Crippen LogP contribution in [0.1, 0.15) is 48.7 Å². The first-order valence-corrected chi connectivity index (χ1v) is 5.83. The smallest absolute Gasteiger partial charge is 0.0579 e. The summed E-state index contributed by atoms with van der Waals surface area (Å²) >= 11 is 0. The molecule has 1 atom stereocenters. The fourth-order valence-electron chi connectivity index (χ4n) is 2.06. The Kier molecular flexibility index (Phi) is 2.50. The first-order chi connectivity index (χ1) is 8.57. The summed E-state index contributed by atoms with van der Waals surface area (Å²) in [5.74, 6) is 0.00228. The highest BCUT2D eigenvalue weighted by Crippen LogP contribution is 2.31. The van der Waals surface area contributed by atoms with Crippen LogP contribution in [0.2, 0.25) is 0 Å². The minimum atomic E-state index is -1.47. The summed E-state index contributed by atoms with van der Waals surface area (Å²) in [6.45, 7) is 2.08. The first-order valence-electron chi connectivity index (χ1n) is 7.33. The molecule has 2 rings (SSSR count). The third kappa shape index (κ3) is 2.71. The van der Waals surface area contributed by atoms with E-state index in [1.807, 2.05) is 30.3 Å². The van der Waals surface area contributed by atoms with E-state index in [4.69, 9.17) is 4.11 Å². The average Bonchev–Trinajstić information content (AvgIpc) is 2.37. The lowest BCUT2D eigenvalue weighted by molar-refractivity contribution is 0.445. The maximum Gasteiger partial charge on any atom is 0.0579 e. The van der Waals surface area contributed by atoms with Gasteiger partial charge in [-0.15, -0.1) is 0 Å². The second kappa shape index (κ2) is 5.16. The second-order valence-corrected chi connectivity index (χ2v) is 4.14. The molecule has 1 aliphatic rings. The van der Waals surface area contributed by atoms with Crippen LogP contribution in [0.4, 0.5) is 0 Å². The van der Waals surface area contributed by atoms with Gasteiger partial charge in [0.25, 0.3) is 0 Å². The van der Waals surface area contributed by atoms with Gasteiger partial charge >= 0.3 is 0 Å². The van der Waals surface area contributed by atoms with Crippen molar-refractivity contribution in [2.75, 3.05) is 0 Å². The molecule has 0 aliphatic heterocycles. The van der Waals surface area contributed by atoms with E-state index in [1.54, 1.807) is 0 Å². The molecule has 0 bridgehead atoms. The fraction of sp³-hybridized carbons (Fsp3) is 0.467. The second-order valence-electron chi connectivity index (χ2n) is 4.14. The van der Waals surface area contributed by atoms with Gasteiger partial charge in [0, 0.05) is 2.74 Å². The molecular weight excluding hydrogens is 180 g/mol. The van der Waals surface area contributed by atoms with Crippen molar-refractivity contribution in [1.82, 2.24) is 0 Å². The zero-order valence-electron chi connectivity index (χ0n) is 12.3. The van der Waals surface area contributed by atoms with Gasteiger partial charge in [-0.3, -0.25) is 0 Å². The van der Waals surface area contributed by atoms with Crippen LogP contribution in [-0.4, -0.2) is 0 Å². The lowest BCUT2D eigenvalue weighted by Gasteiger charge is -2.21. The van der Waals surface area contributed by atoms with Gasteiger partial charge in [0.05, 0.1) is 1.37 Å². The Morgan fingerprint density at radius 1 is 1.40 bits per heavy atom. The summed E-state index contributed by atoms with van der Waals surface area (Å²) < 4.78 is 24.6. The third-order valence-corrected chi connectivity index (χ3v) is 2.93. The molecule has 0 nitrogen and oxygen atoms in total. The zero-order chi connectivity index (χ0) is 13.2. The lowest BCUT2D eigenvalue weighted by atomic mass is 9.84. The summed E-state index contributed by atoms with van der Waals surface area (Å²) in [6.07, 6.45) is 2.06. The van der Waals surface area contributed by atoms with Gasteiger partial charge in [0.1, 0.15) is 0 Å². The van der Waals surface area contributed by atoms with Gasteiger partial charge in [-0.05, 0) is 36.3 Å². The van der Waals surface area contributed by atoms with Gasteiger partial charge in [0.2, 0.25) is 0 Å². The molecule has 0 N–H and O–H groups in total. The number of allylic oxidation sites excluding steroid dienone is 2. The third-order valence-electron chi connectivity index (χ3n) is 2.93. The van der Waals surface area contributed by atoms with E-state index in [2.05, 4.69) is 6.92 Å². The molecule has 0 heterocycles. The Labute approximate surface area is 97.2 Å². The van der Waals surface area contributed by atoms with Gasteiger partial charge in [-0.1, -0.05) is 56.1 Å². The number of benzene rings is 1. The van der Waals surface area contributed by atoms with Crippen LogP contribution in [0.5, 0.6) is 0 Å². The maximum absolute atomic E-state index is 8.19. The summed E-state index contributed by atoms with van der Waals surface area (Å²) in [6, 6.07) is 9.98. The molecule has 0 amide bonds. The minimum Gasteiger partial charge on any atom is -0.0804 e. The molecule has 80 valence electrons. The fourth-order valence-corrected chi connectivity index (χ4v) is 2.06. The Morgan fingerprint density at radius 2 is 2.20 bits per heavy atom. The van der Waals surface area contributed by atoms with Crippen LogP contribution < -0.4 is 0 Å². The Bertz CT molecular complexity index is 434. The topological polar surface area (TPSA) is 0 Å². The molecule has 1 aliphatic carbocycles. The summed E-state index contributed by atoms with van der Waals surface area (Å²) in [4.78, 5) is 0. The van der Waals surface area contributed by atoms with Gasteiger partial charge in [-0.2, -0.15) is 0 Å². The SMILES string of the molecule is [2H]C1=C(c2ccccc2)CCC(CCC)C1([2H])[2H]. The van der Waals surface area contributed by atoms with E-state index in [0.717, 1.165) is 36.8 Å². The van der Waals surface area contributed by atoms with Gasteiger partial charge < -0.3 is 0 Å².